The van der Waals surface area contributed by atoms with Crippen LogP contribution in [0.5, 0.6) is 5.75 Å². The largest absolute Gasteiger partial charge is 0.507 e. The first kappa shape index (κ1) is 13.9. The lowest BCUT2D eigenvalue weighted by Crippen LogP contribution is -2.31. The third kappa shape index (κ3) is 2.56. The lowest BCUT2D eigenvalue weighted by molar-refractivity contribution is 0.0985. The highest BCUT2D eigenvalue weighted by atomic mass is 19.1. The highest BCUT2D eigenvalue weighted by Gasteiger charge is 2.21. The molecule has 0 aliphatic carbocycles. The van der Waals surface area contributed by atoms with Crippen LogP contribution in [0.3, 0.4) is 0 Å². The van der Waals surface area contributed by atoms with Crippen molar-refractivity contribution < 1.29 is 14.3 Å². The van der Waals surface area contributed by atoms with Gasteiger partial charge in [-0.2, -0.15) is 0 Å². The summed E-state index contributed by atoms with van der Waals surface area (Å²) in [5.74, 6) is -1.34. The van der Waals surface area contributed by atoms with Crippen LogP contribution in [0.15, 0.2) is 42.5 Å². The molecule has 0 saturated carbocycles. The summed E-state index contributed by atoms with van der Waals surface area (Å²) >= 11 is 0. The van der Waals surface area contributed by atoms with Gasteiger partial charge in [-0.25, -0.2) is 4.39 Å². The van der Waals surface area contributed by atoms with E-state index in [-0.39, 0.29) is 11.3 Å². The molecule has 0 aliphatic heterocycles. The molecule has 0 saturated heterocycles. The number of anilines is 2. The molecule has 0 aliphatic rings. The Morgan fingerprint density at radius 1 is 1.30 bits per heavy atom. The predicted molar refractivity (Wildman–Crippen MR) is 76.3 cm³/mol. The van der Waals surface area contributed by atoms with E-state index in [0.717, 1.165) is 18.2 Å². The topological polar surface area (TPSA) is 66.6 Å². The minimum Gasteiger partial charge on any atom is -0.507 e. The molecule has 0 aromatic heterocycles. The number of nitrogen functional groups attached to an aromatic ring is 1. The molecule has 1 amide bonds. The van der Waals surface area contributed by atoms with Crippen LogP contribution in [0, 0.1) is 5.82 Å². The van der Waals surface area contributed by atoms with Crippen molar-refractivity contribution in [1.29, 1.82) is 0 Å². The molecule has 0 heterocycles. The zero-order chi connectivity index (χ0) is 14.7. The van der Waals surface area contributed by atoms with Crippen LogP contribution in [0.4, 0.5) is 15.8 Å². The van der Waals surface area contributed by atoms with Crippen molar-refractivity contribution in [3.63, 3.8) is 0 Å². The summed E-state index contributed by atoms with van der Waals surface area (Å²) in [6.07, 6.45) is 0. The molecular formula is C15H15FN2O2. The van der Waals surface area contributed by atoms with E-state index in [1.54, 1.807) is 31.2 Å². The van der Waals surface area contributed by atoms with Gasteiger partial charge in [0.05, 0.1) is 16.9 Å². The zero-order valence-corrected chi connectivity index (χ0v) is 11.0. The Balaban J connectivity index is 2.45. The van der Waals surface area contributed by atoms with E-state index in [1.807, 2.05) is 0 Å². The number of nitrogens with two attached hydrogens (primary N) is 1. The maximum Gasteiger partial charge on any atom is 0.262 e. The molecule has 20 heavy (non-hydrogen) atoms. The maximum absolute atomic E-state index is 13.3. The number of aromatic hydroxyl groups is 1. The molecule has 0 unspecified atom stereocenters. The second-order valence-corrected chi connectivity index (χ2v) is 4.27. The fourth-order valence-electron chi connectivity index (χ4n) is 1.98. The summed E-state index contributed by atoms with van der Waals surface area (Å²) in [5, 5.41) is 9.72. The summed E-state index contributed by atoms with van der Waals surface area (Å²) in [4.78, 5) is 13.8. The SMILES string of the molecule is CCN(C(=O)c1cc(F)ccc1O)c1ccccc1N. The fourth-order valence-corrected chi connectivity index (χ4v) is 1.98. The number of carbonyl (C=O) groups excluding carboxylic acids is 1. The Morgan fingerprint density at radius 2 is 2.00 bits per heavy atom. The van der Waals surface area contributed by atoms with Crippen molar-refractivity contribution in [2.24, 2.45) is 0 Å². The lowest BCUT2D eigenvalue weighted by Gasteiger charge is -2.23. The number of phenolic OH excluding ortho intramolecular Hbond substituents is 1. The van der Waals surface area contributed by atoms with E-state index in [9.17, 15) is 14.3 Å². The summed E-state index contributed by atoms with van der Waals surface area (Å²) in [6, 6.07) is 10.2. The van der Waals surface area contributed by atoms with Crippen molar-refractivity contribution in [2.45, 2.75) is 6.92 Å². The van der Waals surface area contributed by atoms with Crippen LogP contribution in [0.25, 0.3) is 0 Å². The zero-order valence-electron chi connectivity index (χ0n) is 11.0. The normalized spacial score (nSPS) is 10.3. The highest BCUT2D eigenvalue weighted by Crippen LogP contribution is 2.27. The molecule has 0 bridgehead atoms. The van der Waals surface area contributed by atoms with Gasteiger partial charge in [0.1, 0.15) is 11.6 Å². The number of hydrogen-bond donors (Lipinski definition) is 2. The van der Waals surface area contributed by atoms with Gasteiger partial charge in [-0.1, -0.05) is 12.1 Å². The number of nitrogens with zero attached hydrogens (tertiary/aromatic N) is 1. The summed E-state index contributed by atoms with van der Waals surface area (Å²) in [5.41, 5.74) is 6.74. The maximum atomic E-state index is 13.3. The van der Waals surface area contributed by atoms with Gasteiger partial charge in [-0.05, 0) is 37.3 Å². The van der Waals surface area contributed by atoms with Crippen LogP contribution in [0.2, 0.25) is 0 Å². The second-order valence-electron chi connectivity index (χ2n) is 4.27. The van der Waals surface area contributed by atoms with Gasteiger partial charge in [0.2, 0.25) is 0 Å². The number of para-hydroxylation sites is 2. The number of hydrogen-bond acceptors (Lipinski definition) is 3. The third-order valence-corrected chi connectivity index (χ3v) is 2.98. The first-order valence-corrected chi connectivity index (χ1v) is 6.19. The Hall–Kier alpha value is -2.56. The third-order valence-electron chi connectivity index (χ3n) is 2.98. The average molecular weight is 274 g/mol. The van der Waals surface area contributed by atoms with Gasteiger partial charge < -0.3 is 15.7 Å². The number of phenols is 1. The van der Waals surface area contributed by atoms with Crippen LogP contribution < -0.4 is 10.6 Å². The monoisotopic (exact) mass is 274 g/mol. The van der Waals surface area contributed by atoms with Crippen LogP contribution in [-0.4, -0.2) is 17.6 Å². The molecule has 5 heteroatoms. The molecule has 3 N–H and O–H groups in total. The van der Waals surface area contributed by atoms with Gasteiger partial charge in [-0.15, -0.1) is 0 Å². The predicted octanol–water partition coefficient (Wildman–Crippen LogP) is 2.78. The lowest BCUT2D eigenvalue weighted by atomic mass is 10.1. The van der Waals surface area contributed by atoms with E-state index in [4.69, 9.17) is 5.73 Å². The Bertz CT molecular complexity index is 644. The van der Waals surface area contributed by atoms with Gasteiger partial charge in [0, 0.05) is 6.54 Å². The smallest absolute Gasteiger partial charge is 0.262 e. The van der Waals surface area contributed by atoms with Crippen LogP contribution in [-0.2, 0) is 0 Å². The standard InChI is InChI=1S/C15H15FN2O2/c1-2-18(13-6-4-3-5-12(13)17)15(20)11-9-10(16)7-8-14(11)19/h3-9,19H,2,17H2,1H3. The fraction of sp³-hybridized carbons (Fsp3) is 0.133. The number of amides is 1. The molecule has 2 aromatic carbocycles. The van der Waals surface area contributed by atoms with E-state index >= 15 is 0 Å². The highest BCUT2D eigenvalue weighted by molar-refractivity contribution is 6.09. The summed E-state index contributed by atoms with van der Waals surface area (Å²) in [6.45, 7) is 2.13. The first-order valence-electron chi connectivity index (χ1n) is 6.19. The molecule has 0 fully saturated rings. The molecular weight excluding hydrogens is 259 g/mol. The van der Waals surface area contributed by atoms with Gasteiger partial charge in [0.25, 0.3) is 5.91 Å². The molecule has 0 radical (unpaired) electrons. The van der Waals surface area contributed by atoms with E-state index in [0.29, 0.717) is 17.9 Å². The molecule has 0 spiro atoms. The van der Waals surface area contributed by atoms with Gasteiger partial charge in [0.15, 0.2) is 0 Å². The Kier molecular flexibility index (Phi) is 3.89. The number of carbonyl (C=O) groups is 1. The molecule has 4 nitrogen and oxygen atoms in total. The average Bonchev–Trinajstić information content (AvgIpc) is 2.44. The number of halogens is 1. The summed E-state index contributed by atoms with van der Waals surface area (Å²) < 4.78 is 13.3. The molecule has 104 valence electrons. The van der Waals surface area contributed by atoms with E-state index in [1.165, 1.54) is 4.90 Å². The van der Waals surface area contributed by atoms with E-state index < -0.39 is 11.7 Å². The first-order chi connectivity index (χ1) is 9.54. The van der Waals surface area contributed by atoms with E-state index in [2.05, 4.69) is 0 Å². The van der Waals surface area contributed by atoms with Crippen molar-refractivity contribution in [2.75, 3.05) is 17.2 Å². The Morgan fingerprint density at radius 3 is 2.65 bits per heavy atom. The van der Waals surface area contributed by atoms with Crippen molar-refractivity contribution in [1.82, 2.24) is 0 Å². The minimum absolute atomic E-state index is 0.0879. The second kappa shape index (κ2) is 5.61. The summed E-state index contributed by atoms with van der Waals surface area (Å²) in [7, 11) is 0. The minimum atomic E-state index is -0.580. The van der Waals surface area contributed by atoms with Crippen LogP contribution >= 0.6 is 0 Å². The number of rotatable bonds is 3. The van der Waals surface area contributed by atoms with Crippen molar-refractivity contribution in [3.05, 3.63) is 53.8 Å². The number of benzene rings is 2. The van der Waals surface area contributed by atoms with Gasteiger partial charge in [-0.3, -0.25) is 4.79 Å². The molecule has 2 aromatic rings. The van der Waals surface area contributed by atoms with Gasteiger partial charge >= 0.3 is 0 Å². The quantitative estimate of drug-likeness (QED) is 0.846. The molecule has 0 atom stereocenters. The van der Waals surface area contributed by atoms with Crippen molar-refractivity contribution >= 4 is 17.3 Å². The Labute approximate surface area is 116 Å². The van der Waals surface area contributed by atoms with Crippen LogP contribution in [0.1, 0.15) is 17.3 Å². The van der Waals surface area contributed by atoms with Crippen molar-refractivity contribution in [3.8, 4) is 5.75 Å². The molecule has 2 rings (SSSR count).